The third-order valence-corrected chi connectivity index (χ3v) is 4.84. The summed E-state index contributed by atoms with van der Waals surface area (Å²) in [5.74, 6) is 3.32. The van der Waals surface area contributed by atoms with Crippen molar-refractivity contribution in [3.63, 3.8) is 0 Å². The first-order valence-electron chi connectivity index (χ1n) is 8.89. The van der Waals surface area contributed by atoms with Crippen molar-refractivity contribution in [2.45, 2.75) is 38.0 Å². The Morgan fingerprint density at radius 1 is 1.00 bits per heavy atom. The summed E-state index contributed by atoms with van der Waals surface area (Å²) in [5.41, 5.74) is 1.43. The summed E-state index contributed by atoms with van der Waals surface area (Å²) in [6.07, 6.45) is 7.91. The molecular formula is C18H19N5O2. The number of hydrogen-bond donors (Lipinski definition) is 0. The zero-order valence-corrected chi connectivity index (χ0v) is 13.9. The predicted octanol–water partition coefficient (Wildman–Crippen LogP) is 3.65. The van der Waals surface area contributed by atoms with E-state index >= 15 is 0 Å². The van der Waals surface area contributed by atoms with Gasteiger partial charge < -0.3 is 13.9 Å². The molecule has 1 aliphatic heterocycles. The van der Waals surface area contributed by atoms with E-state index in [1.165, 1.54) is 32.1 Å². The van der Waals surface area contributed by atoms with E-state index in [9.17, 15) is 0 Å². The molecule has 128 valence electrons. The first kappa shape index (κ1) is 14.6. The first-order valence-corrected chi connectivity index (χ1v) is 8.89. The summed E-state index contributed by atoms with van der Waals surface area (Å²) in [7, 11) is 0. The fraction of sp³-hybridized carbons (Fsp3) is 0.444. The van der Waals surface area contributed by atoms with Crippen LogP contribution in [-0.4, -0.2) is 33.4 Å². The number of nitrogens with zero attached hydrogens (tertiary/aromatic N) is 5. The number of hydrogen-bond acceptors (Lipinski definition) is 7. The second kappa shape index (κ2) is 5.98. The monoisotopic (exact) mass is 337 g/mol. The topological polar surface area (TPSA) is 81.1 Å². The molecule has 7 nitrogen and oxygen atoms in total. The van der Waals surface area contributed by atoms with Crippen molar-refractivity contribution >= 4 is 5.82 Å². The van der Waals surface area contributed by atoms with Gasteiger partial charge in [-0.15, -0.1) is 0 Å². The molecule has 5 rings (SSSR count). The summed E-state index contributed by atoms with van der Waals surface area (Å²) in [4.78, 5) is 11.3. The minimum Gasteiger partial charge on any atom is -0.360 e. The van der Waals surface area contributed by atoms with E-state index in [1.54, 1.807) is 6.20 Å². The molecule has 1 aliphatic carbocycles. The van der Waals surface area contributed by atoms with Crippen LogP contribution in [0.1, 0.15) is 43.8 Å². The molecule has 7 heteroatoms. The Balaban J connectivity index is 1.35. The molecule has 0 N–H and O–H groups in total. The molecule has 1 saturated heterocycles. The predicted molar refractivity (Wildman–Crippen MR) is 91.1 cm³/mol. The second-order valence-electron chi connectivity index (χ2n) is 6.76. The molecule has 3 aromatic rings. The Morgan fingerprint density at radius 3 is 2.64 bits per heavy atom. The summed E-state index contributed by atoms with van der Waals surface area (Å²) in [6.45, 7) is 2.16. The lowest BCUT2D eigenvalue weighted by Crippen LogP contribution is -2.29. The summed E-state index contributed by atoms with van der Waals surface area (Å²) < 4.78 is 10.7. The van der Waals surface area contributed by atoms with Gasteiger partial charge in [0.15, 0.2) is 5.69 Å². The minimum absolute atomic E-state index is 0.380. The number of anilines is 1. The smallest absolute Gasteiger partial charge is 0.280 e. The SMILES string of the molecule is c1cc(N2CCCCC2)ncc1-c1noc(-c2cc(C3CC3)on2)n1. The van der Waals surface area contributed by atoms with E-state index in [-0.39, 0.29) is 0 Å². The zero-order chi connectivity index (χ0) is 16.6. The molecule has 1 saturated carbocycles. The third-order valence-electron chi connectivity index (χ3n) is 4.84. The zero-order valence-electron chi connectivity index (χ0n) is 13.9. The van der Waals surface area contributed by atoms with Gasteiger partial charge in [0.2, 0.25) is 5.82 Å². The van der Waals surface area contributed by atoms with E-state index in [4.69, 9.17) is 9.05 Å². The lowest BCUT2D eigenvalue weighted by Gasteiger charge is -2.27. The molecule has 0 unspecified atom stereocenters. The molecule has 2 aliphatic rings. The van der Waals surface area contributed by atoms with Crippen molar-refractivity contribution in [3.8, 4) is 23.0 Å². The normalized spacial score (nSPS) is 17.8. The molecule has 0 atom stereocenters. The highest BCUT2D eigenvalue weighted by Crippen LogP contribution is 2.41. The van der Waals surface area contributed by atoms with Crippen molar-refractivity contribution in [1.29, 1.82) is 0 Å². The average Bonchev–Trinajstić information content (AvgIpc) is 3.21. The van der Waals surface area contributed by atoms with Crippen LogP contribution in [0, 0.1) is 0 Å². The molecule has 0 spiro atoms. The number of pyridine rings is 1. The summed E-state index contributed by atoms with van der Waals surface area (Å²) in [5, 5.41) is 8.09. The lowest BCUT2D eigenvalue weighted by atomic mass is 10.1. The highest BCUT2D eigenvalue weighted by atomic mass is 16.5. The van der Waals surface area contributed by atoms with Gasteiger partial charge in [-0.1, -0.05) is 10.3 Å². The van der Waals surface area contributed by atoms with Gasteiger partial charge in [0.1, 0.15) is 11.6 Å². The van der Waals surface area contributed by atoms with Gasteiger partial charge in [-0.3, -0.25) is 0 Å². The molecule has 4 heterocycles. The molecule has 0 bridgehead atoms. The van der Waals surface area contributed by atoms with Crippen LogP contribution in [0.4, 0.5) is 5.82 Å². The number of aromatic nitrogens is 4. The molecular weight excluding hydrogens is 318 g/mol. The fourth-order valence-corrected chi connectivity index (χ4v) is 3.22. The van der Waals surface area contributed by atoms with Crippen molar-refractivity contribution in [1.82, 2.24) is 20.3 Å². The van der Waals surface area contributed by atoms with E-state index < -0.39 is 0 Å². The van der Waals surface area contributed by atoms with Gasteiger partial charge in [-0.25, -0.2) is 4.98 Å². The first-order chi connectivity index (χ1) is 12.4. The maximum absolute atomic E-state index is 5.35. The van der Waals surface area contributed by atoms with Crippen LogP contribution in [0.25, 0.3) is 23.0 Å². The Hall–Kier alpha value is -2.70. The maximum atomic E-state index is 5.35. The van der Waals surface area contributed by atoms with E-state index in [1.807, 2.05) is 18.2 Å². The van der Waals surface area contributed by atoms with E-state index in [0.29, 0.717) is 23.3 Å². The van der Waals surface area contributed by atoms with Crippen LogP contribution >= 0.6 is 0 Å². The van der Waals surface area contributed by atoms with Crippen molar-refractivity contribution in [3.05, 3.63) is 30.2 Å². The van der Waals surface area contributed by atoms with Crippen LogP contribution < -0.4 is 4.90 Å². The second-order valence-corrected chi connectivity index (χ2v) is 6.76. The molecule has 2 fully saturated rings. The minimum atomic E-state index is 0.380. The molecule has 0 amide bonds. The van der Waals surface area contributed by atoms with Crippen LogP contribution in [0.3, 0.4) is 0 Å². The number of piperidine rings is 1. The summed E-state index contributed by atoms with van der Waals surface area (Å²) in [6, 6.07) is 5.91. The van der Waals surface area contributed by atoms with Crippen LogP contribution in [0.2, 0.25) is 0 Å². The van der Waals surface area contributed by atoms with Crippen LogP contribution in [0.15, 0.2) is 33.4 Å². The molecule has 25 heavy (non-hydrogen) atoms. The third kappa shape index (κ3) is 2.90. The van der Waals surface area contributed by atoms with Crippen molar-refractivity contribution in [2.24, 2.45) is 0 Å². The van der Waals surface area contributed by atoms with Gasteiger partial charge in [-0.05, 0) is 44.2 Å². The maximum Gasteiger partial charge on any atom is 0.280 e. The lowest BCUT2D eigenvalue weighted by molar-refractivity contribution is 0.379. The Kier molecular flexibility index (Phi) is 3.50. The molecule has 3 aromatic heterocycles. The average molecular weight is 337 g/mol. The van der Waals surface area contributed by atoms with Gasteiger partial charge in [0.25, 0.3) is 5.89 Å². The highest BCUT2D eigenvalue weighted by molar-refractivity contribution is 5.58. The molecule has 0 aromatic carbocycles. The van der Waals surface area contributed by atoms with E-state index in [2.05, 4.69) is 25.2 Å². The van der Waals surface area contributed by atoms with Crippen molar-refractivity contribution < 1.29 is 9.05 Å². The van der Waals surface area contributed by atoms with Crippen molar-refractivity contribution in [2.75, 3.05) is 18.0 Å². The van der Waals surface area contributed by atoms with Gasteiger partial charge >= 0.3 is 0 Å². The van der Waals surface area contributed by atoms with E-state index in [0.717, 1.165) is 30.2 Å². The Labute approximate surface area is 145 Å². The fourth-order valence-electron chi connectivity index (χ4n) is 3.22. The van der Waals surface area contributed by atoms with Gasteiger partial charge in [0.05, 0.1) is 0 Å². The Morgan fingerprint density at radius 2 is 1.88 bits per heavy atom. The van der Waals surface area contributed by atoms with Crippen LogP contribution in [-0.2, 0) is 0 Å². The van der Waals surface area contributed by atoms with Crippen LogP contribution in [0.5, 0.6) is 0 Å². The highest BCUT2D eigenvalue weighted by Gasteiger charge is 2.29. The molecule has 0 radical (unpaired) electrons. The van der Waals surface area contributed by atoms with Gasteiger partial charge in [-0.2, -0.15) is 4.98 Å². The number of rotatable bonds is 4. The largest absolute Gasteiger partial charge is 0.360 e. The standard InChI is InChI=1S/C18H19N5O2/c1-2-8-23(9-3-1)16-7-6-13(11-19-16)17-20-18(25-22-17)14-10-15(24-21-14)12-4-5-12/h6-7,10-12H,1-5,8-9H2. The Bertz CT molecular complexity index is 860. The summed E-state index contributed by atoms with van der Waals surface area (Å²) >= 11 is 0. The quantitative estimate of drug-likeness (QED) is 0.718. The van der Waals surface area contributed by atoms with Gasteiger partial charge in [0, 0.05) is 36.8 Å².